The molecule has 2 aromatic rings. The number of benzene rings is 1. The van der Waals surface area contributed by atoms with Crippen LogP contribution in [-0.2, 0) is 4.79 Å². The van der Waals surface area contributed by atoms with Gasteiger partial charge < -0.3 is 10.4 Å². The number of pyridine rings is 1. The second kappa shape index (κ2) is 5.69. The highest BCUT2D eigenvalue weighted by Crippen LogP contribution is 2.16. The molecule has 104 valence electrons. The fourth-order valence-electron chi connectivity index (χ4n) is 1.91. The van der Waals surface area contributed by atoms with Gasteiger partial charge in [0.25, 0.3) is 5.91 Å². The van der Waals surface area contributed by atoms with Crippen LogP contribution in [0.5, 0.6) is 0 Å². The number of para-hydroxylation sites is 1. The van der Waals surface area contributed by atoms with Gasteiger partial charge in [0.05, 0.1) is 17.0 Å². The Morgan fingerprint density at radius 1 is 1.20 bits per heavy atom. The third-order valence-corrected chi connectivity index (χ3v) is 3.38. The zero-order valence-electron chi connectivity index (χ0n) is 11.3. The van der Waals surface area contributed by atoms with E-state index in [1.165, 1.54) is 0 Å². The number of carbonyl (C=O) groups excluding carboxylic acids is 1. The molecule has 0 saturated heterocycles. The van der Waals surface area contributed by atoms with Crippen LogP contribution in [0.2, 0.25) is 0 Å². The molecular weight excluding hydrogens is 256 g/mol. The van der Waals surface area contributed by atoms with Crippen LogP contribution >= 0.6 is 0 Å². The van der Waals surface area contributed by atoms with Crippen LogP contribution in [-0.4, -0.2) is 28.0 Å². The first-order valence-corrected chi connectivity index (χ1v) is 6.38. The SMILES string of the molecule is CC(NC(=O)c1cccc2cccnc12)C(C)C(=O)O. The van der Waals surface area contributed by atoms with Crippen LogP contribution in [0, 0.1) is 5.92 Å². The Balaban J connectivity index is 2.26. The zero-order valence-corrected chi connectivity index (χ0v) is 11.3. The highest BCUT2D eigenvalue weighted by Gasteiger charge is 2.22. The standard InChI is InChI=1S/C15H16N2O3/c1-9(15(19)20)10(2)17-14(18)12-7-3-5-11-6-4-8-16-13(11)12/h3-10H,1-2H3,(H,17,18)(H,19,20). The maximum atomic E-state index is 12.3. The van der Waals surface area contributed by atoms with E-state index in [1.54, 1.807) is 38.2 Å². The number of nitrogens with one attached hydrogen (secondary N) is 1. The average Bonchev–Trinajstić information content (AvgIpc) is 2.45. The fraction of sp³-hybridized carbons (Fsp3) is 0.267. The summed E-state index contributed by atoms with van der Waals surface area (Å²) in [7, 11) is 0. The minimum absolute atomic E-state index is 0.310. The molecule has 1 heterocycles. The highest BCUT2D eigenvalue weighted by molar-refractivity contribution is 6.05. The first kappa shape index (κ1) is 14.0. The van der Waals surface area contributed by atoms with Crippen LogP contribution in [0.1, 0.15) is 24.2 Å². The van der Waals surface area contributed by atoms with Crippen molar-refractivity contribution in [1.82, 2.24) is 10.3 Å². The summed E-state index contributed by atoms with van der Waals surface area (Å²) >= 11 is 0. The number of aliphatic carboxylic acids is 1. The number of carboxylic acid groups (broad SMARTS) is 1. The number of amides is 1. The second-order valence-corrected chi connectivity index (χ2v) is 4.77. The quantitative estimate of drug-likeness (QED) is 0.893. The predicted octanol–water partition coefficient (Wildman–Crippen LogP) is 2.07. The first-order chi connectivity index (χ1) is 9.50. The summed E-state index contributed by atoms with van der Waals surface area (Å²) in [6, 6.07) is 8.57. The largest absolute Gasteiger partial charge is 0.481 e. The van der Waals surface area contributed by atoms with Crippen molar-refractivity contribution in [1.29, 1.82) is 0 Å². The van der Waals surface area contributed by atoms with Crippen LogP contribution in [0.3, 0.4) is 0 Å². The summed E-state index contributed by atoms with van der Waals surface area (Å²) in [4.78, 5) is 27.4. The molecule has 5 nitrogen and oxygen atoms in total. The average molecular weight is 272 g/mol. The van der Waals surface area contributed by atoms with E-state index in [-0.39, 0.29) is 5.91 Å². The van der Waals surface area contributed by atoms with Crippen molar-refractivity contribution in [2.24, 2.45) is 5.92 Å². The third-order valence-electron chi connectivity index (χ3n) is 3.38. The Labute approximate surface area is 116 Å². The molecule has 0 fully saturated rings. The number of carboxylic acids is 1. The maximum Gasteiger partial charge on any atom is 0.308 e. The number of aromatic nitrogens is 1. The topological polar surface area (TPSA) is 79.3 Å². The van der Waals surface area contributed by atoms with Gasteiger partial charge in [-0.2, -0.15) is 0 Å². The molecule has 0 aliphatic carbocycles. The number of hydrogen-bond donors (Lipinski definition) is 2. The van der Waals surface area contributed by atoms with E-state index in [2.05, 4.69) is 10.3 Å². The summed E-state index contributed by atoms with van der Waals surface area (Å²) < 4.78 is 0. The molecule has 2 unspecified atom stereocenters. The van der Waals surface area contributed by atoms with Crippen LogP contribution in [0.25, 0.3) is 10.9 Å². The van der Waals surface area contributed by atoms with Gasteiger partial charge in [0, 0.05) is 17.6 Å². The minimum atomic E-state index is -0.936. The van der Waals surface area contributed by atoms with E-state index in [0.29, 0.717) is 11.1 Å². The molecule has 0 aliphatic heterocycles. The van der Waals surface area contributed by atoms with Crippen molar-refractivity contribution < 1.29 is 14.7 Å². The smallest absolute Gasteiger partial charge is 0.308 e. The third kappa shape index (κ3) is 2.77. The lowest BCUT2D eigenvalue weighted by Gasteiger charge is -2.18. The maximum absolute atomic E-state index is 12.3. The number of nitrogens with zero attached hydrogens (tertiary/aromatic N) is 1. The number of rotatable bonds is 4. The Bertz CT molecular complexity index is 649. The van der Waals surface area contributed by atoms with Gasteiger partial charge in [0.15, 0.2) is 0 Å². The second-order valence-electron chi connectivity index (χ2n) is 4.77. The Hall–Kier alpha value is -2.43. The fourth-order valence-corrected chi connectivity index (χ4v) is 1.91. The molecule has 2 rings (SSSR count). The monoisotopic (exact) mass is 272 g/mol. The van der Waals surface area contributed by atoms with Gasteiger partial charge >= 0.3 is 5.97 Å². The summed E-state index contributed by atoms with van der Waals surface area (Å²) in [6.45, 7) is 3.24. The van der Waals surface area contributed by atoms with Crippen molar-refractivity contribution in [3.05, 3.63) is 42.1 Å². The number of hydrogen-bond acceptors (Lipinski definition) is 3. The molecular formula is C15H16N2O3. The van der Waals surface area contributed by atoms with Crippen molar-refractivity contribution in [3.8, 4) is 0 Å². The molecule has 0 saturated carbocycles. The lowest BCUT2D eigenvalue weighted by molar-refractivity contribution is -0.141. The van der Waals surface area contributed by atoms with E-state index in [4.69, 9.17) is 5.11 Å². The summed E-state index contributed by atoms with van der Waals surface area (Å²) in [5.41, 5.74) is 1.07. The zero-order chi connectivity index (χ0) is 14.7. The normalized spacial score (nSPS) is 13.7. The molecule has 0 bridgehead atoms. The highest BCUT2D eigenvalue weighted by atomic mass is 16.4. The molecule has 2 N–H and O–H groups in total. The van der Waals surface area contributed by atoms with E-state index in [9.17, 15) is 9.59 Å². The van der Waals surface area contributed by atoms with E-state index < -0.39 is 17.9 Å². The van der Waals surface area contributed by atoms with Crippen LogP contribution in [0.15, 0.2) is 36.5 Å². The molecule has 0 radical (unpaired) electrons. The molecule has 1 aromatic carbocycles. The van der Waals surface area contributed by atoms with Crippen molar-refractivity contribution in [2.75, 3.05) is 0 Å². The molecule has 20 heavy (non-hydrogen) atoms. The van der Waals surface area contributed by atoms with Gasteiger partial charge in [-0.3, -0.25) is 14.6 Å². The summed E-state index contributed by atoms with van der Waals surface area (Å²) in [5, 5.41) is 12.5. The van der Waals surface area contributed by atoms with Crippen molar-refractivity contribution in [2.45, 2.75) is 19.9 Å². The van der Waals surface area contributed by atoms with E-state index in [1.807, 2.05) is 12.1 Å². The molecule has 0 aliphatic rings. The number of carbonyl (C=O) groups is 2. The van der Waals surface area contributed by atoms with Gasteiger partial charge in [-0.05, 0) is 26.0 Å². The van der Waals surface area contributed by atoms with Gasteiger partial charge in [-0.25, -0.2) is 0 Å². The predicted molar refractivity (Wildman–Crippen MR) is 75.5 cm³/mol. The Morgan fingerprint density at radius 3 is 2.60 bits per heavy atom. The molecule has 1 amide bonds. The Morgan fingerprint density at radius 2 is 1.90 bits per heavy atom. The van der Waals surface area contributed by atoms with Gasteiger partial charge in [0.2, 0.25) is 0 Å². The molecule has 2 atom stereocenters. The lowest BCUT2D eigenvalue weighted by atomic mass is 10.0. The van der Waals surface area contributed by atoms with Crippen LogP contribution < -0.4 is 5.32 Å². The van der Waals surface area contributed by atoms with Crippen molar-refractivity contribution in [3.63, 3.8) is 0 Å². The van der Waals surface area contributed by atoms with E-state index in [0.717, 1.165) is 5.39 Å². The molecule has 0 spiro atoms. The summed E-state index contributed by atoms with van der Waals surface area (Å²) in [6.07, 6.45) is 1.63. The number of fused-ring (bicyclic) bond motifs is 1. The van der Waals surface area contributed by atoms with Crippen LogP contribution in [0.4, 0.5) is 0 Å². The van der Waals surface area contributed by atoms with Gasteiger partial charge in [-0.1, -0.05) is 18.2 Å². The lowest BCUT2D eigenvalue weighted by Crippen LogP contribution is -2.40. The summed E-state index contributed by atoms with van der Waals surface area (Å²) in [5.74, 6) is -1.90. The van der Waals surface area contributed by atoms with Gasteiger partial charge in [0.1, 0.15) is 0 Å². The minimum Gasteiger partial charge on any atom is -0.481 e. The Kier molecular flexibility index (Phi) is 3.98. The van der Waals surface area contributed by atoms with Crippen molar-refractivity contribution >= 4 is 22.8 Å². The molecule has 5 heteroatoms. The molecule has 1 aromatic heterocycles. The van der Waals surface area contributed by atoms with Gasteiger partial charge in [-0.15, -0.1) is 0 Å². The first-order valence-electron chi connectivity index (χ1n) is 6.38. The van der Waals surface area contributed by atoms with E-state index >= 15 is 0 Å².